The van der Waals surface area contributed by atoms with Gasteiger partial charge in [-0.05, 0) is 19.3 Å². The minimum absolute atomic E-state index is 0.628. The molecular formula is C13H28N2O. The van der Waals surface area contributed by atoms with Crippen molar-refractivity contribution in [2.24, 2.45) is 5.92 Å². The Bertz CT molecular complexity index is 187. The van der Waals surface area contributed by atoms with E-state index in [0.29, 0.717) is 12.1 Å². The van der Waals surface area contributed by atoms with E-state index in [2.05, 4.69) is 31.0 Å². The van der Waals surface area contributed by atoms with Gasteiger partial charge < -0.3 is 10.1 Å². The van der Waals surface area contributed by atoms with Gasteiger partial charge in [0.1, 0.15) is 0 Å². The van der Waals surface area contributed by atoms with Crippen molar-refractivity contribution in [1.29, 1.82) is 0 Å². The Balaban J connectivity index is 2.44. The molecule has 1 aliphatic heterocycles. The Morgan fingerprint density at radius 2 is 2.25 bits per heavy atom. The van der Waals surface area contributed by atoms with Crippen LogP contribution in [0.25, 0.3) is 0 Å². The predicted molar refractivity (Wildman–Crippen MR) is 68.8 cm³/mol. The van der Waals surface area contributed by atoms with E-state index in [9.17, 15) is 0 Å². The van der Waals surface area contributed by atoms with Gasteiger partial charge in [0.2, 0.25) is 0 Å². The number of piperazine rings is 1. The van der Waals surface area contributed by atoms with Crippen molar-refractivity contribution in [2.45, 2.75) is 45.7 Å². The van der Waals surface area contributed by atoms with Crippen LogP contribution in [0.5, 0.6) is 0 Å². The normalized spacial score (nSPS) is 29.2. The van der Waals surface area contributed by atoms with Gasteiger partial charge >= 0.3 is 0 Å². The minimum Gasteiger partial charge on any atom is -0.385 e. The Morgan fingerprint density at radius 3 is 2.88 bits per heavy atom. The van der Waals surface area contributed by atoms with Crippen LogP contribution in [0.4, 0.5) is 0 Å². The molecule has 1 N–H and O–H groups in total. The first kappa shape index (κ1) is 13.9. The maximum absolute atomic E-state index is 5.14. The fourth-order valence-corrected chi connectivity index (χ4v) is 2.50. The third-order valence-electron chi connectivity index (χ3n) is 3.75. The lowest BCUT2D eigenvalue weighted by atomic mass is 9.94. The van der Waals surface area contributed by atoms with Crippen LogP contribution in [-0.4, -0.2) is 50.3 Å². The van der Waals surface area contributed by atoms with Gasteiger partial charge in [-0.3, -0.25) is 4.90 Å². The zero-order valence-electron chi connectivity index (χ0n) is 11.3. The molecular weight excluding hydrogens is 200 g/mol. The van der Waals surface area contributed by atoms with Crippen molar-refractivity contribution in [1.82, 2.24) is 10.2 Å². The lowest BCUT2D eigenvalue weighted by molar-refractivity contribution is 0.0829. The summed E-state index contributed by atoms with van der Waals surface area (Å²) in [6.07, 6.45) is 2.41. The van der Waals surface area contributed by atoms with Crippen LogP contribution in [-0.2, 0) is 4.74 Å². The van der Waals surface area contributed by atoms with Crippen LogP contribution in [0.2, 0.25) is 0 Å². The smallest absolute Gasteiger partial charge is 0.0474 e. The summed E-state index contributed by atoms with van der Waals surface area (Å²) >= 11 is 0. The molecule has 0 amide bonds. The topological polar surface area (TPSA) is 24.5 Å². The summed E-state index contributed by atoms with van der Waals surface area (Å²) in [6.45, 7) is 11.3. The molecule has 3 nitrogen and oxygen atoms in total. The molecule has 1 heterocycles. The molecule has 3 heteroatoms. The summed E-state index contributed by atoms with van der Waals surface area (Å²) in [5, 5.41) is 3.59. The number of ether oxygens (including phenoxy) is 1. The monoisotopic (exact) mass is 228 g/mol. The highest BCUT2D eigenvalue weighted by molar-refractivity contribution is 4.86. The van der Waals surface area contributed by atoms with Crippen LogP contribution >= 0.6 is 0 Å². The van der Waals surface area contributed by atoms with E-state index in [0.717, 1.165) is 25.5 Å². The van der Waals surface area contributed by atoms with E-state index >= 15 is 0 Å². The summed E-state index contributed by atoms with van der Waals surface area (Å²) in [7, 11) is 1.78. The molecule has 0 saturated carbocycles. The fraction of sp³-hybridized carbons (Fsp3) is 1.00. The molecule has 16 heavy (non-hydrogen) atoms. The van der Waals surface area contributed by atoms with Crippen LogP contribution in [0, 0.1) is 5.92 Å². The number of rotatable bonds is 6. The molecule has 0 aromatic carbocycles. The molecule has 1 saturated heterocycles. The second-order valence-electron chi connectivity index (χ2n) is 5.10. The molecule has 1 aliphatic rings. The van der Waals surface area contributed by atoms with E-state index in [4.69, 9.17) is 4.74 Å². The molecule has 3 unspecified atom stereocenters. The first-order chi connectivity index (χ1) is 7.69. The third-order valence-corrected chi connectivity index (χ3v) is 3.75. The maximum Gasteiger partial charge on any atom is 0.0474 e. The molecule has 0 radical (unpaired) electrons. The van der Waals surface area contributed by atoms with Crippen molar-refractivity contribution < 1.29 is 4.74 Å². The van der Waals surface area contributed by atoms with E-state index in [1.54, 1.807) is 7.11 Å². The molecule has 0 aliphatic carbocycles. The van der Waals surface area contributed by atoms with Gasteiger partial charge in [-0.1, -0.05) is 20.3 Å². The first-order valence-electron chi connectivity index (χ1n) is 6.65. The van der Waals surface area contributed by atoms with Crippen molar-refractivity contribution >= 4 is 0 Å². The van der Waals surface area contributed by atoms with Gasteiger partial charge in [0.25, 0.3) is 0 Å². The Labute approximate surface area is 101 Å². The van der Waals surface area contributed by atoms with Crippen LogP contribution in [0.1, 0.15) is 33.6 Å². The highest BCUT2D eigenvalue weighted by atomic mass is 16.5. The predicted octanol–water partition coefficient (Wildman–Crippen LogP) is 1.73. The average Bonchev–Trinajstić information content (AvgIpc) is 2.29. The molecule has 1 rings (SSSR count). The average molecular weight is 228 g/mol. The Morgan fingerprint density at radius 1 is 1.50 bits per heavy atom. The molecule has 0 bridgehead atoms. The van der Waals surface area contributed by atoms with Crippen molar-refractivity contribution in [3.05, 3.63) is 0 Å². The van der Waals surface area contributed by atoms with E-state index in [1.807, 2.05) is 0 Å². The summed E-state index contributed by atoms with van der Waals surface area (Å²) in [6, 6.07) is 1.33. The van der Waals surface area contributed by atoms with Gasteiger partial charge in [0, 0.05) is 45.4 Å². The molecule has 0 aromatic heterocycles. The van der Waals surface area contributed by atoms with E-state index < -0.39 is 0 Å². The summed E-state index contributed by atoms with van der Waals surface area (Å²) in [5.74, 6) is 0.780. The molecule has 3 atom stereocenters. The lowest BCUT2D eigenvalue weighted by Gasteiger charge is -2.42. The van der Waals surface area contributed by atoms with Crippen LogP contribution < -0.4 is 5.32 Å². The van der Waals surface area contributed by atoms with Crippen LogP contribution in [0.3, 0.4) is 0 Å². The molecule has 96 valence electrons. The lowest BCUT2D eigenvalue weighted by Crippen LogP contribution is -2.57. The maximum atomic E-state index is 5.14. The zero-order valence-corrected chi connectivity index (χ0v) is 11.3. The highest BCUT2D eigenvalue weighted by Crippen LogP contribution is 2.18. The van der Waals surface area contributed by atoms with Gasteiger partial charge in [-0.15, -0.1) is 0 Å². The minimum atomic E-state index is 0.628. The number of hydrogen-bond acceptors (Lipinski definition) is 3. The van der Waals surface area contributed by atoms with Gasteiger partial charge in [0.05, 0.1) is 0 Å². The standard InChI is InChI=1S/C13H28N2O/c1-5-11(2)13-9-14-12(3)10-15(13)7-6-8-16-4/h11-14H,5-10H2,1-4H3. The number of nitrogens with one attached hydrogen (secondary N) is 1. The van der Waals surface area contributed by atoms with Gasteiger partial charge in [-0.25, -0.2) is 0 Å². The second-order valence-corrected chi connectivity index (χ2v) is 5.10. The van der Waals surface area contributed by atoms with Crippen molar-refractivity contribution in [2.75, 3.05) is 33.4 Å². The first-order valence-corrected chi connectivity index (χ1v) is 6.65. The second kappa shape index (κ2) is 7.25. The van der Waals surface area contributed by atoms with E-state index in [-0.39, 0.29) is 0 Å². The zero-order chi connectivity index (χ0) is 12.0. The highest BCUT2D eigenvalue weighted by Gasteiger charge is 2.28. The summed E-state index contributed by atoms with van der Waals surface area (Å²) < 4.78 is 5.14. The largest absolute Gasteiger partial charge is 0.385 e. The Hall–Kier alpha value is -0.120. The SMILES string of the molecule is CCC(C)C1CNC(C)CN1CCCOC. The summed E-state index contributed by atoms with van der Waals surface area (Å²) in [5.41, 5.74) is 0. The third kappa shape index (κ3) is 4.04. The number of methoxy groups -OCH3 is 1. The molecule has 0 aromatic rings. The number of hydrogen-bond donors (Lipinski definition) is 1. The number of nitrogens with zero attached hydrogens (tertiary/aromatic N) is 1. The van der Waals surface area contributed by atoms with Crippen molar-refractivity contribution in [3.8, 4) is 0 Å². The molecule has 1 fully saturated rings. The fourth-order valence-electron chi connectivity index (χ4n) is 2.50. The quantitative estimate of drug-likeness (QED) is 0.701. The van der Waals surface area contributed by atoms with Gasteiger partial charge in [-0.2, -0.15) is 0 Å². The van der Waals surface area contributed by atoms with Crippen molar-refractivity contribution in [3.63, 3.8) is 0 Å². The molecule has 0 spiro atoms. The van der Waals surface area contributed by atoms with Gasteiger partial charge in [0.15, 0.2) is 0 Å². The Kier molecular flexibility index (Phi) is 6.32. The van der Waals surface area contributed by atoms with E-state index in [1.165, 1.54) is 19.5 Å². The summed E-state index contributed by atoms with van der Waals surface area (Å²) in [4.78, 5) is 2.65. The van der Waals surface area contributed by atoms with Crippen LogP contribution in [0.15, 0.2) is 0 Å².